The number of rotatable bonds is 6. The van der Waals surface area contributed by atoms with Crippen molar-refractivity contribution in [3.63, 3.8) is 0 Å². The fraction of sp³-hybridized carbons (Fsp3) is 0.200. The SMILES string of the molecule is CC1(C)CC(=O)c2c([nH]c(-c3c(F)cncc3F)c2Nc2ccccc2)C1.O=C1CCCc2[nH]c(-c3ccncc3)c(Nc3ccc(F)c(F)c3)c21. The summed E-state index contributed by atoms with van der Waals surface area (Å²) in [5, 5.41) is 6.28. The van der Waals surface area contributed by atoms with Crippen LogP contribution in [0.5, 0.6) is 0 Å². The molecule has 2 aliphatic rings. The molecule has 0 aliphatic heterocycles. The summed E-state index contributed by atoms with van der Waals surface area (Å²) in [5.74, 6) is -3.41. The highest BCUT2D eigenvalue weighted by atomic mass is 19.2. The van der Waals surface area contributed by atoms with Crippen LogP contribution in [0.4, 0.5) is 40.3 Å². The van der Waals surface area contributed by atoms with Gasteiger partial charge in [-0.15, -0.1) is 0 Å². The molecule has 4 heterocycles. The number of benzene rings is 2. The Kier molecular flexibility index (Phi) is 9.22. The van der Waals surface area contributed by atoms with E-state index in [0.717, 1.165) is 60.0 Å². The fourth-order valence-corrected chi connectivity index (χ4v) is 6.86. The molecule has 0 saturated heterocycles. The number of hydrogen-bond acceptors (Lipinski definition) is 6. The first-order valence-electron chi connectivity index (χ1n) is 16.8. The summed E-state index contributed by atoms with van der Waals surface area (Å²) in [7, 11) is 0. The topological polar surface area (TPSA) is 116 Å². The molecule has 0 atom stereocenters. The summed E-state index contributed by atoms with van der Waals surface area (Å²) in [6.07, 6.45) is 8.32. The van der Waals surface area contributed by atoms with Crippen molar-refractivity contribution in [2.45, 2.75) is 46.0 Å². The van der Waals surface area contributed by atoms with Crippen LogP contribution < -0.4 is 10.6 Å². The Hall–Kier alpha value is -6.04. The summed E-state index contributed by atoms with van der Waals surface area (Å²) >= 11 is 0. The van der Waals surface area contributed by atoms with Crippen LogP contribution in [0.1, 0.15) is 65.2 Å². The number of anilines is 4. The van der Waals surface area contributed by atoms with Gasteiger partial charge in [0.05, 0.1) is 51.8 Å². The van der Waals surface area contributed by atoms with Crippen LogP contribution in [-0.2, 0) is 12.8 Å². The van der Waals surface area contributed by atoms with Crippen molar-refractivity contribution >= 4 is 34.3 Å². The molecule has 52 heavy (non-hydrogen) atoms. The van der Waals surface area contributed by atoms with Gasteiger partial charge in [0, 0.05) is 59.6 Å². The highest BCUT2D eigenvalue weighted by Crippen LogP contribution is 2.44. The second kappa shape index (κ2) is 13.9. The lowest BCUT2D eigenvalue weighted by molar-refractivity contribution is 0.0911. The average Bonchev–Trinajstić information content (AvgIpc) is 3.65. The number of Topliss-reactive ketones (excluding diaryl/α,β-unsaturated/α-hetero) is 2. The van der Waals surface area contributed by atoms with Gasteiger partial charge in [0.2, 0.25) is 0 Å². The predicted molar refractivity (Wildman–Crippen MR) is 191 cm³/mol. The number of aromatic amines is 2. The molecule has 264 valence electrons. The highest BCUT2D eigenvalue weighted by molar-refractivity contribution is 6.08. The van der Waals surface area contributed by atoms with Crippen LogP contribution >= 0.6 is 0 Å². The molecule has 0 saturated carbocycles. The third kappa shape index (κ3) is 6.83. The standard InChI is InChI=1S/C21H19F2N3O.C19H15F2N3O/c1-21(2)8-15-18(16(27)9-21)20(25-12-6-4-3-5-7-12)19(26-15)17-13(22)10-24-11-14(17)23;20-13-5-4-12(10-14(13)21)23-19-17-15(2-1-3-16(17)25)24-18(19)11-6-8-22-9-7-11/h3-7,10-11,25-26H,8-9H2,1-2H3;4-10,23-24H,1-3H2. The quantitative estimate of drug-likeness (QED) is 0.128. The first-order chi connectivity index (χ1) is 25.0. The smallest absolute Gasteiger partial charge is 0.167 e. The second-order valence-electron chi connectivity index (χ2n) is 13.6. The molecule has 8 rings (SSSR count). The van der Waals surface area contributed by atoms with E-state index in [9.17, 15) is 27.2 Å². The predicted octanol–water partition coefficient (Wildman–Crippen LogP) is 9.87. The number of pyridine rings is 2. The number of nitrogens with one attached hydrogen (secondary N) is 4. The molecule has 0 fully saturated rings. The summed E-state index contributed by atoms with van der Waals surface area (Å²) in [6, 6.07) is 16.5. The van der Waals surface area contributed by atoms with Crippen molar-refractivity contribution in [3.8, 4) is 22.5 Å². The first-order valence-corrected chi connectivity index (χ1v) is 16.8. The molecule has 2 aliphatic carbocycles. The lowest BCUT2D eigenvalue weighted by Gasteiger charge is -2.28. The van der Waals surface area contributed by atoms with E-state index in [1.165, 1.54) is 6.07 Å². The molecule has 2 aromatic carbocycles. The summed E-state index contributed by atoms with van der Waals surface area (Å²) in [4.78, 5) is 39.3. The van der Waals surface area contributed by atoms with Crippen molar-refractivity contribution in [1.82, 2.24) is 19.9 Å². The molecule has 12 heteroatoms. The number of carbonyl (C=O) groups is 2. The Morgan fingerprint density at radius 3 is 2.00 bits per heavy atom. The van der Waals surface area contributed by atoms with E-state index in [2.05, 4.69) is 30.6 Å². The van der Waals surface area contributed by atoms with E-state index < -0.39 is 23.3 Å². The Labute approximate surface area is 296 Å². The van der Waals surface area contributed by atoms with Gasteiger partial charge in [0.25, 0.3) is 0 Å². The Morgan fingerprint density at radius 1 is 0.635 bits per heavy atom. The van der Waals surface area contributed by atoms with Crippen molar-refractivity contribution in [1.29, 1.82) is 0 Å². The number of nitrogens with zero attached hydrogens (tertiary/aromatic N) is 2. The average molecular weight is 707 g/mol. The molecular weight excluding hydrogens is 672 g/mol. The number of fused-ring (bicyclic) bond motifs is 2. The maximum Gasteiger partial charge on any atom is 0.167 e. The number of aromatic nitrogens is 4. The molecule has 4 N–H and O–H groups in total. The zero-order valence-electron chi connectivity index (χ0n) is 28.3. The van der Waals surface area contributed by atoms with Gasteiger partial charge in [-0.25, -0.2) is 17.6 Å². The van der Waals surface area contributed by atoms with Gasteiger partial charge in [0.1, 0.15) is 0 Å². The van der Waals surface area contributed by atoms with Crippen molar-refractivity contribution < 1.29 is 27.2 Å². The van der Waals surface area contributed by atoms with Crippen LogP contribution in [0, 0.1) is 28.7 Å². The molecule has 6 aromatic rings. The molecular formula is C40H34F4N6O2. The molecule has 0 bridgehead atoms. The molecule has 0 radical (unpaired) electrons. The summed E-state index contributed by atoms with van der Waals surface area (Å²) in [6.45, 7) is 4.01. The van der Waals surface area contributed by atoms with Gasteiger partial charge >= 0.3 is 0 Å². The normalized spacial score (nSPS) is 14.6. The minimum absolute atomic E-state index is 0.0443. The van der Waals surface area contributed by atoms with E-state index in [4.69, 9.17) is 0 Å². The van der Waals surface area contributed by atoms with Gasteiger partial charge in [0.15, 0.2) is 34.8 Å². The first kappa shape index (κ1) is 34.4. The minimum atomic E-state index is -0.939. The molecule has 0 unspecified atom stereocenters. The van der Waals surface area contributed by atoms with Crippen molar-refractivity contribution in [2.24, 2.45) is 5.41 Å². The molecule has 4 aromatic heterocycles. The van der Waals surface area contributed by atoms with Crippen LogP contribution in [-0.4, -0.2) is 31.5 Å². The number of halogens is 4. The second-order valence-corrected chi connectivity index (χ2v) is 13.6. The molecule has 0 amide bonds. The van der Waals surface area contributed by atoms with Gasteiger partial charge in [-0.05, 0) is 61.1 Å². The van der Waals surface area contributed by atoms with Crippen LogP contribution in [0.15, 0.2) is 85.5 Å². The largest absolute Gasteiger partial charge is 0.356 e. The van der Waals surface area contributed by atoms with E-state index >= 15 is 0 Å². The number of aryl methyl sites for hydroxylation is 1. The monoisotopic (exact) mass is 706 g/mol. The maximum absolute atomic E-state index is 14.4. The van der Waals surface area contributed by atoms with Gasteiger partial charge in [-0.1, -0.05) is 32.0 Å². The Morgan fingerprint density at radius 2 is 1.29 bits per heavy atom. The van der Waals surface area contributed by atoms with E-state index in [0.29, 0.717) is 53.1 Å². The van der Waals surface area contributed by atoms with Crippen molar-refractivity contribution in [2.75, 3.05) is 10.6 Å². The van der Waals surface area contributed by atoms with Crippen molar-refractivity contribution in [3.05, 3.63) is 131 Å². The summed E-state index contributed by atoms with van der Waals surface area (Å²) < 4.78 is 55.6. The number of ketones is 2. The zero-order chi connectivity index (χ0) is 36.6. The van der Waals surface area contributed by atoms with Gasteiger partial charge < -0.3 is 20.6 Å². The number of para-hydroxylation sites is 1. The van der Waals surface area contributed by atoms with Gasteiger partial charge in [-0.3, -0.25) is 19.6 Å². The fourth-order valence-electron chi connectivity index (χ4n) is 6.86. The number of carbonyl (C=O) groups excluding carboxylic acids is 2. The third-order valence-electron chi connectivity index (χ3n) is 9.14. The van der Waals surface area contributed by atoms with E-state index in [-0.39, 0.29) is 28.2 Å². The van der Waals surface area contributed by atoms with Crippen LogP contribution in [0.25, 0.3) is 22.5 Å². The van der Waals surface area contributed by atoms with Crippen LogP contribution in [0.2, 0.25) is 0 Å². The Balaban J connectivity index is 0.000000162. The lowest BCUT2D eigenvalue weighted by atomic mass is 9.76. The lowest BCUT2D eigenvalue weighted by Crippen LogP contribution is -2.26. The van der Waals surface area contributed by atoms with Gasteiger partial charge in [-0.2, -0.15) is 0 Å². The number of hydrogen-bond donors (Lipinski definition) is 4. The minimum Gasteiger partial charge on any atom is -0.356 e. The zero-order valence-corrected chi connectivity index (χ0v) is 28.3. The highest BCUT2D eigenvalue weighted by Gasteiger charge is 2.36. The van der Waals surface area contributed by atoms with E-state index in [1.54, 1.807) is 12.4 Å². The Bertz CT molecular complexity index is 2280. The molecule has 0 spiro atoms. The van der Waals surface area contributed by atoms with Crippen LogP contribution in [0.3, 0.4) is 0 Å². The van der Waals surface area contributed by atoms with E-state index in [1.807, 2.05) is 56.3 Å². The summed E-state index contributed by atoms with van der Waals surface area (Å²) in [5.41, 5.74) is 6.15. The molecule has 8 nitrogen and oxygen atoms in total. The maximum atomic E-state index is 14.4. The number of H-pyrrole nitrogens is 2. The third-order valence-corrected chi connectivity index (χ3v) is 9.14.